The molecule has 0 aliphatic heterocycles. The van der Waals surface area contributed by atoms with Crippen molar-refractivity contribution in [3.05, 3.63) is 69.2 Å². The quantitative estimate of drug-likeness (QED) is 0.659. The lowest BCUT2D eigenvalue weighted by molar-refractivity contribution is 0.102. The Bertz CT molecular complexity index is 981. The number of aryl methyl sites for hydroxylation is 2. The highest BCUT2D eigenvalue weighted by molar-refractivity contribution is 6.37. The SMILES string of the molecule is COc1c(Cl)cc(C(=O)Nc2ccc3c4c(cccc24)CC3)cc1Cl. The normalized spacial score (nSPS) is 12.4. The van der Waals surface area contributed by atoms with E-state index < -0.39 is 0 Å². The van der Waals surface area contributed by atoms with Crippen LogP contribution in [0.25, 0.3) is 10.8 Å². The number of methoxy groups -OCH3 is 1. The Labute approximate surface area is 155 Å². The van der Waals surface area contributed by atoms with E-state index in [1.807, 2.05) is 18.2 Å². The van der Waals surface area contributed by atoms with E-state index in [2.05, 4.69) is 17.4 Å². The maximum absolute atomic E-state index is 12.7. The van der Waals surface area contributed by atoms with E-state index in [-0.39, 0.29) is 5.91 Å². The number of carbonyl (C=O) groups is 1. The number of amides is 1. The molecule has 0 radical (unpaired) electrons. The van der Waals surface area contributed by atoms with Crippen molar-refractivity contribution < 1.29 is 9.53 Å². The molecule has 3 nitrogen and oxygen atoms in total. The van der Waals surface area contributed by atoms with Crippen LogP contribution < -0.4 is 10.1 Å². The zero-order chi connectivity index (χ0) is 17.6. The predicted octanol–water partition coefficient (Wildman–Crippen LogP) is 5.51. The van der Waals surface area contributed by atoms with E-state index in [0.717, 1.165) is 23.9 Å². The predicted molar refractivity (Wildman–Crippen MR) is 102 cm³/mol. The van der Waals surface area contributed by atoms with Crippen molar-refractivity contribution in [2.24, 2.45) is 0 Å². The first kappa shape index (κ1) is 16.2. The van der Waals surface area contributed by atoms with Gasteiger partial charge in [-0.25, -0.2) is 0 Å². The molecule has 0 fully saturated rings. The second-order valence-electron chi connectivity index (χ2n) is 6.04. The first-order chi connectivity index (χ1) is 12.1. The molecule has 0 spiro atoms. The highest BCUT2D eigenvalue weighted by atomic mass is 35.5. The second kappa shape index (κ2) is 6.25. The Kier molecular flexibility index (Phi) is 4.06. The number of rotatable bonds is 3. The lowest BCUT2D eigenvalue weighted by atomic mass is 10.0. The molecular weight excluding hydrogens is 357 g/mol. The van der Waals surface area contributed by atoms with E-state index in [0.29, 0.717) is 21.4 Å². The molecule has 5 heteroatoms. The number of benzene rings is 3. The molecule has 1 amide bonds. The van der Waals surface area contributed by atoms with Crippen LogP contribution in [0, 0.1) is 0 Å². The summed E-state index contributed by atoms with van der Waals surface area (Å²) >= 11 is 12.3. The van der Waals surface area contributed by atoms with Crippen molar-refractivity contribution in [3.63, 3.8) is 0 Å². The third kappa shape index (κ3) is 2.74. The summed E-state index contributed by atoms with van der Waals surface area (Å²) in [5, 5.41) is 5.91. The number of hydrogen-bond acceptors (Lipinski definition) is 2. The molecule has 0 saturated heterocycles. The zero-order valence-corrected chi connectivity index (χ0v) is 15.0. The second-order valence-corrected chi connectivity index (χ2v) is 6.85. The molecule has 4 rings (SSSR count). The van der Waals surface area contributed by atoms with Crippen molar-refractivity contribution >= 4 is 45.6 Å². The molecular formula is C20H15Cl2NO2. The van der Waals surface area contributed by atoms with Crippen LogP contribution in [-0.2, 0) is 12.8 Å². The summed E-state index contributed by atoms with van der Waals surface area (Å²) in [5.74, 6) is 0.107. The molecule has 3 aromatic rings. The van der Waals surface area contributed by atoms with E-state index in [1.165, 1.54) is 23.6 Å². The zero-order valence-electron chi connectivity index (χ0n) is 13.5. The number of nitrogens with one attached hydrogen (secondary N) is 1. The van der Waals surface area contributed by atoms with E-state index in [9.17, 15) is 4.79 Å². The molecule has 0 saturated carbocycles. The number of ether oxygens (including phenoxy) is 1. The van der Waals surface area contributed by atoms with Gasteiger partial charge in [-0.2, -0.15) is 0 Å². The summed E-state index contributed by atoms with van der Waals surface area (Å²) in [5.41, 5.74) is 3.84. The highest BCUT2D eigenvalue weighted by Gasteiger charge is 2.18. The van der Waals surface area contributed by atoms with Crippen molar-refractivity contribution in [1.82, 2.24) is 0 Å². The maximum Gasteiger partial charge on any atom is 0.255 e. The lowest BCUT2D eigenvalue weighted by Crippen LogP contribution is -2.12. The first-order valence-electron chi connectivity index (χ1n) is 7.96. The average Bonchev–Trinajstić information content (AvgIpc) is 3.02. The maximum atomic E-state index is 12.7. The molecule has 0 atom stereocenters. The Morgan fingerprint density at radius 3 is 2.40 bits per heavy atom. The first-order valence-corrected chi connectivity index (χ1v) is 8.72. The minimum Gasteiger partial charge on any atom is -0.494 e. The number of carbonyl (C=O) groups excluding carboxylic acids is 1. The van der Waals surface area contributed by atoms with Gasteiger partial charge >= 0.3 is 0 Å². The van der Waals surface area contributed by atoms with Crippen LogP contribution >= 0.6 is 23.2 Å². The van der Waals surface area contributed by atoms with Crippen LogP contribution in [0.3, 0.4) is 0 Å². The van der Waals surface area contributed by atoms with Crippen LogP contribution in [0.15, 0.2) is 42.5 Å². The highest BCUT2D eigenvalue weighted by Crippen LogP contribution is 2.36. The molecule has 0 bridgehead atoms. The standard InChI is InChI=1S/C20H15Cl2NO2/c1-25-19-15(21)9-13(10-16(19)22)20(24)23-17-8-7-12-6-5-11-3-2-4-14(17)18(11)12/h2-4,7-10H,5-6H2,1H3,(H,23,24). The van der Waals surface area contributed by atoms with E-state index in [1.54, 1.807) is 12.1 Å². The fourth-order valence-corrected chi connectivity index (χ4v) is 4.08. The van der Waals surface area contributed by atoms with E-state index in [4.69, 9.17) is 27.9 Å². The summed E-state index contributed by atoms with van der Waals surface area (Å²) in [6.45, 7) is 0. The fourth-order valence-electron chi connectivity index (χ4n) is 3.44. The average molecular weight is 372 g/mol. The fraction of sp³-hybridized carbons (Fsp3) is 0.150. The Hall–Kier alpha value is -2.23. The van der Waals surface area contributed by atoms with E-state index >= 15 is 0 Å². The van der Waals surface area contributed by atoms with Gasteiger partial charge in [0.15, 0.2) is 5.75 Å². The molecule has 126 valence electrons. The van der Waals surface area contributed by atoms with Gasteiger partial charge < -0.3 is 10.1 Å². The third-order valence-electron chi connectivity index (χ3n) is 4.59. The van der Waals surface area contributed by atoms with Crippen LogP contribution in [0.5, 0.6) is 5.75 Å². The van der Waals surface area contributed by atoms with Crippen molar-refractivity contribution in [1.29, 1.82) is 0 Å². The van der Waals surface area contributed by atoms with Gasteiger partial charge in [0.2, 0.25) is 0 Å². The van der Waals surface area contributed by atoms with Crippen molar-refractivity contribution in [3.8, 4) is 5.75 Å². The molecule has 25 heavy (non-hydrogen) atoms. The summed E-state index contributed by atoms with van der Waals surface area (Å²) in [4.78, 5) is 12.7. The van der Waals surface area contributed by atoms with Crippen molar-refractivity contribution in [2.45, 2.75) is 12.8 Å². The molecule has 0 heterocycles. The van der Waals surface area contributed by atoms with Gasteiger partial charge in [-0.15, -0.1) is 0 Å². The molecule has 1 aliphatic carbocycles. The van der Waals surface area contributed by atoms with Crippen LogP contribution in [0.4, 0.5) is 5.69 Å². The van der Waals surface area contributed by atoms with Gasteiger partial charge in [-0.1, -0.05) is 47.5 Å². The Balaban J connectivity index is 1.72. The monoisotopic (exact) mass is 371 g/mol. The summed E-state index contributed by atoms with van der Waals surface area (Å²) in [7, 11) is 1.49. The van der Waals surface area contributed by atoms with Gasteiger partial charge in [0.1, 0.15) is 0 Å². The summed E-state index contributed by atoms with van der Waals surface area (Å²) in [6, 6.07) is 13.4. The van der Waals surface area contributed by atoms with Gasteiger partial charge in [0, 0.05) is 16.6 Å². The summed E-state index contributed by atoms with van der Waals surface area (Å²) in [6.07, 6.45) is 2.10. The molecule has 1 N–H and O–H groups in total. The number of halogens is 2. The number of anilines is 1. The molecule has 1 aliphatic rings. The van der Waals surface area contributed by atoms with Gasteiger partial charge in [-0.05, 0) is 47.6 Å². The van der Waals surface area contributed by atoms with Gasteiger partial charge in [0.05, 0.1) is 17.2 Å². The molecule has 0 unspecified atom stereocenters. The van der Waals surface area contributed by atoms with Crippen LogP contribution in [0.1, 0.15) is 21.5 Å². The Morgan fingerprint density at radius 2 is 1.72 bits per heavy atom. The molecule has 3 aromatic carbocycles. The smallest absolute Gasteiger partial charge is 0.255 e. The number of hydrogen-bond donors (Lipinski definition) is 1. The van der Waals surface area contributed by atoms with Gasteiger partial charge in [0.25, 0.3) is 5.91 Å². The van der Waals surface area contributed by atoms with Gasteiger partial charge in [-0.3, -0.25) is 4.79 Å². The third-order valence-corrected chi connectivity index (χ3v) is 5.15. The lowest BCUT2D eigenvalue weighted by Gasteiger charge is -2.12. The minimum absolute atomic E-state index is 0.259. The molecule has 0 aromatic heterocycles. The minimum atomic E-state index is -0.259. The largest absolute Gasteiger partial charge is 0.494 e. The summed E-state index contributed by atoms with van der Waals surface area (Å²) < 4.78 is 5.12. The topological polar surface area (TPSA) is 38.3 Å². The van der Waals surface area contributed by atoms with Crippen LogP contribution in [-0.4, -0.2) is 13.0 Å². The Morgan fingerprint density at radius 1 is 1.04 bits per heavy atom. The van der Waals surface area contributed by atoms with Crippen molar-refractivity contribution in [2.75, 3.05) is 12.4 Å². The van der Waals surface area contributed by atoms with Crippen LogP contribution in [0.2, 0.25) is 10.0 Å².